The van der Waals surface area contributed by atoms with Gasteiger partial charge in [0, 0.05) is 15.9 Å². The second kappa shape index (κ2) is 17.9. The highest BCUT2D eigenvalue weighted by atomic mass is 33.1. The van der Waals surface area contributed by atoms with Crippen LogP contribution in [0.5, 0.6) is 11.5 Å². The maximum atomic E-state index is 14.9. The minimum absolute atomic E-state index is 0.000683. The van der Waals surface area contributed by atoms with Gasteiger partial charge in [0.1, 0.15) is 34.8 Å². The van der Waals surface area contributed by atoms with Crippen LogP contribution in [0.1, 0.15) is 103 Å². The van der Waals surface area contributed by atoms with Crippen molar-refractivity contribution in [3.8, 4) is 11.5 Å². The van der Waals surface area contributed by atoms with E-state index < -0.39 is 47.0 Å². The molecule has 12 heteroatoms. The second-order valence-corrected chi connectivity index (χ2v) is 16.3. The molecular formula is C36H52N2O8S2. The third kappa shape index (κ3) is 12.6. The van der Waals surface area contributed by atoms with Gasteiger partial charge in [-0.25, -0.2) is 9.59 Å². The molecule has 0 fully saturated rings. The highest BCUT2D eigenvalue weighted by Crippen LogP contribution is 2.41. The summed E-state index contributed by atoms with van der Waals surface area (Å²) in [4.78, 5) is 57.0. The molecule has 0 bridgehead atoms. The normalized spacial score (nSPS) is 13.0. The number of nitrogens with one attached hydrogen (secondary N) is 1. The lowest BCUT2D eigenvalue weighted by Crippen LogP contribution is -2.46. The van der Waals surface area contributed by atoms with E-state index in [-0.39, 0.29) is 40.9 Å². The van der Waals surface area contributed by atoms with Crippen LogP contribution < -0.4 is 14.8 Å². The number of esters is 2. The van der Waals surface area contributed by atoms with Crippen LogP contribution in [-0.2, 0) is 19.1 Å². The highest BCUT2D eigenvalue weighted by molar-refractivity contribution is 8.76. The second-order valence-electron chi connectivity index (χ2n) is 14.2. The van der Waals surface area contributed by atoms with Crippen LogP contribution in [0.15, 0.2) is 47.4 Å². The van der Waals surface area contributed by atoms with E-state index in [9.17, 15) is 19.2 Å². The van der Waals surface area contributed by atoms with Crippen LogP contribution in [-0.4, -0.2) is 65.6 Å². The van der Waals surface area contributed by atoms with Gasteiger partial charge < -0.3 is 24.3 Å². The monoisotopic (exact) mass is 704 g/mol. The Labute approximate surface area is 293 Å². The van der Waals surface area contributed by atoms with Crippen molar-refractivity contribution in [2.75, 3.05) is 14.2 Å². The number of benzene rings is 2. The molecule has 266 valence electrons. The Morgan fingerprint density at radius 2 is 1.23 bits per heavy atom. The number of hydrogen-bond acceptors (Lipinski definition) is 10. The van der Waals surface area contributed by atoms with Crippen molar-refractivity contribution in [2.24, 2.45) is 11.8 Å². The summed E-state index contributed by atoms with van der Waals surface area (Å²) in [6.45, 7) is 18.3. The van der Waals surface area contributed by atoms with Crippen LogP contribution in [0.25, 0.3) is 0 Å². The Bertz CT molecular complexity index is 1400. The molecule has 0 aliphatic carbocycles. The molecule has 0 aliphatic heterocycles. The van der Waals surface area contributed by atoms with Gasteiger partial charge in [0.05, 0.1) is 25.3 Å². The minimum atomic E-state index is -1.03. The van der Waals surface area contributed by atoms with Crippen LogP contribution in [0.2, 0.25) is 0 Å². The number of hydrogen-bond donors (Lipinski definition) is 1. The fourth-order valence-electron chi connectivity index (χ4n) is 4.63. The molecule has 0 saturated carbocycles. The van der Waals surface area contributed by atoms with Crippen molar-refractivity contribution in [2.45, 2.75) is 110 Å². The van der Waals surface area contributed by atoms with Gasteiger partial charge in [0.25, 0.3) is 11.8 Å². The zero-order valence-electron chi connectivity index (χ0n) is 30.3. The zero-order valence-corrected chi connectivity index (χ0v) is 31.9. The lowest BCUT2D eigenvalue weighted by atomic mass is 9.99. The van der Waals surface area contributed by atoms with Crippen LogP contribution in [0, 0.1) is 11.8 Å². The Morgan fingerprint density at radius 1 is 0.729 bits per heavy atom. The van der Waals surface area contributed by atoms with Gasteiger partial charge in [-0.05, 0) is 101 Å². The standard InChI is InChI=1S/C36H52N2O8S2/c1-22(2)20-25(33(41)45-35(5,6)7)37-31(39)29-27(43-11)18-19-28(44-12)30(29)32(40)38(48-47-24-16-14-13-15-17-24)26(21-23(3)4)34(42)46-36(8,9)10/h13-19,22-23,25-26H,20-21H2,1-12H3,(H,37,39). The number of rotatable bonds is 15. The van der Waals surface area contributed by atoms with E-state index in [0.29, 0.717) is 6.42 Å². The summed E-state index contributed by atoms with van der Waals surface area (Å²) in [7, 11) is 5.12. The lowest BCUT2D eigenvalue weighted by Gasteiger charge is -2.33. The molecule has 0 radical (unpaired) electrons. The SMILES string of the molecule is COc1ccc(OC)c(C(=O)N(SSc2ccccc2)C(CC(C)C)C(=O)OC(C)(C)C)c1C(=O)NC(CC(C)C)C(=O)OC(C)(C)C. The quantitative estimate of drug-likeness (QED) is 0.112. The molecule has 48 heavy (non-hydrogen) atoms. The molecular weight excluding hydrogens is 653 g/mol. The summed E-state index contributed by atoms with van der Waals surface area (Å²) >= 11 is 0. The number of amides is 2. The van der Waals surface area contributed by atoms with E-state index in [1.54, 1.807) is 41.5 Å². The topological polar surface area (TPSA) is 120 Å². The van der Waals surface area contributed by atoms with Gasteiger partial charge in [-0.3, -0.25) is 13.9 Å². The molecule has 2 rings (SSSR count). The fourth-order valence-corrected chi connectivity index (χ4v) is 6.85. The van der Waals surface area contributed by atoms with E-state index in [2.05, 4.69) is 5.32 Å². The van der Waals surface area contributed by atoms with Gasteiger partial charge in [0.2, 0.25) is 0 Å². The first-order chi connectivity index (χ1) is 22.3. The lowest BCUT2D eigenvalue weighted by molar-refractivity contribution is -0.159. The predicted octanol–water partition coefficient (Wildman–Crippen LogP) is 7.74. The number of ether oxygens (including phenoxy) is 4. The molecule has 10 nitrogen and oxygen atoms in total. The molecule has 2 aromatic carbocycles. The van der Waals surface area contributed by atoms with E-state index >= 15 is 0 Å². The van der Waals surface area contributed by atoms with E-state index in [4.69, 9.17) is 18.9 Å². The molecule has 2 atom stereocenters. The maximum absolute atomic E-state index is 14.9. The number of carbonyl (C=O) groups is 4. The van der Waals surface area contributed by atoms with Crippen molar-refractivity contribution in [1.29, 1.82) is 0 Å². The molecule has 2 amide bonds. The summed E-state index contributed by atoms with van der Waals surface area (Å²) in [6.07, 6.45) is 0.576. The summed E-state index contributed by atoms with van der Waals surface area (Å²) < 4.78 is 24.0. The van der Waals surface area contributed by atoms with Crippen LogP contribution in [0.4, 0.5) is 0 Å². The van der Waals surface area contributed by atoms with Gasteiger partial charge in [0.15, 0.2) is 0 Å². The van der Waals surface area contributed by atoms with Gasteiger partial charge >= 0.3 is 11.9 Å². The Hall–Kier alpha value is -3.38. The first-order valence-electron chi connectivity index (χ1n) is 16.0. The van der Waals surface area contributed by atoms with Crippen molar-refractivity contribution >= 4 is 45.5 Å². The first-order valence-corrected chi connectivity index (χ1v) is 18.1. The summed E-state index contributed by atoms with van der Waals surface area (Å²) in [5.74, 6) is -2.38. The third-order valence-electron chi connectivity index (χ3n) is 6.53. The largest absolute Gasteiger partial charge is 0.496 e. The Balaban J connectivity index is 2.77. The smallest absolute Gasteiger partial charge is 0.330 e. The molecule has 2 unspecified atom stereocenters. The molecule has 1 N–H and O–H groups in total. The Morgan fingerprint density at radius 3 is 1.71 bits per heavy atom. The average Bonchev–Trinajstić information content (AvgIpc) is 2.97. The van der Waals surface area contributed by atoms with Gasteiger partial charge in [-0.15, -0.1) is 0 Å². The summed E-state index contributed by atoms with van der Waals surface area (Å²) in [6, 6.07) is 10.4. The van der Waals surface area contributed by atoms with Crippen LogP contribution in [0.3, 0.4) is 0 Å². The summed E-state index contributed by atoms with van der Waals surface area (Å²) in [5.41, 5.74) is -1.86. The molecule has 2 aromatic rings. The average molecular weight is 705 g/mol. The molecule has 0 spiro atoms. The third-order valence-corrected chi connectivity index (χ3v) is 8.93. The number of methoxy groups -OCH3 is 2. The van der Waals surface area contributed by atoms with Crippen molar-refractivity contribution in [3.63, 3.8) is 0 Å². The molecule has 0 aliphatic rings. The zero-order chi connectivity index (χ0) is 36.4. The van der Waals surface area contributed by atoms with E-state index in [0.717, 1.165) is 15.9 Å². The van der Waals surface area contributed by atoms with Crippen molar-refractivity contribution in [3.05, 3.63) is 53.6 Å². The van der Waals surface area contributed by atoms with Crippen LogP contribution >= 0.6 is 21.8 Å². The molecule has 0 saturated heterocycles. The number of nitrogens with zero attached hydrogens (tertiary/aromatic N) is 1. The Kier molecular flexibility index (Phi) is 15.2. The van der Waals surface area contributed by atoms with Gasteiger partial charge in [-0.1, -0.05) is 45.9 Å². The van der Waals surface area contributed by atoms with E-state index in [1.165, 1.54) is 41.5 Å². The van der Waals surface area contributed by atoms with Crippen molar-refractivity contribution in [1.82, 2.24) is 9.62 Å². The predicted molar refractivity (Wildman–Crippen MR) is 191 cm³/mol. The maximum Gasteiger partial charge on any atom is 0.330 e. The first kappa shape index (κ1) is 40.8. The van der Waals surface area contributed by atoms with Crippen molar-refractivity contribution < 1.29 is 38.1 Å². The summed E-state index contributed by atoms with van der Waals surface area (Å²) in [5, 5.41) is 2.80. The highest BCUT2D eigenvalue weighted by Gasteiger charge is 2.40. The van der Waals surface area contributed by atoms with E-state index in [1.807, 2.05) is 58.0 Å². The molecule has 0 heterocycles. The molecule has 0 aromatic heterocycles. The van der Waals surface area contributed by atoms with Gasteiger partial charge in [-0.2, -0.15) is 0 Å². The fraction of sp³-hybridized carbons (Fsp3) is 0.556. The minimum Gasteiger partial charge on any atom is -0.496 e. The number of carbonyl (C=O) groups excluding carboxylic acids is 4.